The number of thiophene rings is 1. The number of fused-ring (bicyclic) bond motifs is 1. The SMILES string of the molecule is CNC(=O)[C@H]1CN(CC(=O)N[C@@H](C)c2cccs2)c2ccccc2O1. The number of nitrogens with zero attached hydrogens (tertiary/aromatic N) is 1. The summed E-state index contributed by atoms with van der Waals surface area (Å²) in [5.41, 5.74) is 0.821. The number of carbonyl (C=O) groups is 2. The van der Waals surface area contributed by atoms with E-state index in [0.717, 1.165) is 10.6 Å². The molecule has 1 aliphatic rings. The van der Waals surface area contributed by atoms with E-state index in [-0.39, 0.29) is 24.4 Å². The molecule has 132 valence electrons. The summed E-state index contributed by atoms with van der Waals surface area (Å²) in [6, 6.07) is 11.4. The number of likely N-dealkylation sites (N-methyl/N-ethyl adjacent to an activating group) is 1. The van der Waals surface area contributed by atoms with Gasteiger partial charge in [-0.3, -0.25) is 9.59 Å². The lowest BCUT2D eigenvalue weighted by Gasteiger charge is -2.35. The Morgan fingerprint density at radius 2 is 2.12 bits per heavy atom. The topological polar surface area (TPSA) is 70.7 Å². The average Bonchev–Trinajstić information content (AvgIpc) is 3.15. The predicted molar refractivity (Wildman–Crippen MR) is 98.0 cm³/mol. The third-order valence-corrected chi connectivity index (χ3v) is 5.14. The maximum Gasteiger partial charge on any atom is 0.262 e. The molecule has 0 fully saturated rings. The van der Waals surface area contributed by atoms with E-state index in [0.29, 0.717) is 12.3 Å². The Morgan fingerprint density at radius 1 is 1.32 bits per heavy atom. The van der Waals surface area contributed by atoms with E-state index >= 15 is 0 Å². The standard InChI is InChI=1S/C18H21N3O3S/c1-12(16-8-5-9-25-16)20-17(22)11-21-10-15(18(23)19-2)24-14-7-4-3-6-13(14)21/h3-9,12,15H,10-11H2,1-2H3,(H,19,23)(H,20,22)/t12-,15+/m0/s1. The predicted octanol–water partition coefficient (Wildman–Crippen LogP) is 1.94. The average molecular weight is 359 g/mol. The number of benzene rings is 1. The zero-order valence-electron chi connectivity index (χ0n) is 14.2. The molecule has 25 heavy (non-hydrogen) atoms. The van der Waals surface area contributed by atoms with E-state index in [1.165, 1.54) is 0 Å². The fraction of sp³-hybridized carbons (Fsp3) is 0.333. The third-order valence-electron chi connectivity index (χ3n) is 4.08. The summed E-state index contributed by atoms with van der Waals surface area (Å²) in [5.74, 6) is 0.321. The van der Waals surface area contributed by atoms with Crippen LogP contribution in [-0.2, 0) is 9.59 Å². The summed E-state index contributed by atoms with van der Waals surface area (Å²) in [4.78, 5) is 27.5. The van der Waals surface area contributed by atoms with Crippen molar-refractivity contribution < 1.29 is 14.3 Å². The van der Waals surface area contributed by atoms with E-state index in [2.05, 4.69) is 10.6 Å². The Morgan fingerprint density at radius 3 is 2.84 bits per heavy atom. The molecule has 2 atom stereocenters. The molecule has 2 aromatic rings. The van der Waals surface area contributed by atoms with Crippen molar-refractivity contribution in [3.8, 4) is 5.75 Å². The minimum absolute atomic E-state index is 0.0430. The Balaban J connectivity index is 1.71. The zero-order valence-corrected chi connectivity index (χ0v) is 15.0. The number of ether oxygens (including phenoxy) is 1. The van der Waals surface area contributed by atoms with E-state index < -0.39 is 6.10 Å². The van der Waals surface area contributed by atoms with Crippen molar-refractivity contribution in [1.82, 2.24) is 10.6 Å². The van der Waals surface area contributed by atoms with Crippen LogP contribution in [0.1, 0.15) is 17.8 Å². The molecule has 3 rings (SSSR count). The van der Waals surface area contributed by atoms with Gasteiger partial charge in [-0.25, -0.2) is 0 Å². The highest BCUT2D eigenvalue weighted by atomic mass is 32.1. The molecular weight excluding hydrogens is 338 g/mol. The van der Waals surface area contributed by atoms with Gasteiger partial charge in [0.1, 0.15) is 5.75 Å². The molecular formula is C18H21N3O3S. The van der Waals surface area contributed by atoms with Crippen LogP contribution in [-0.4, -0.2) is 38.1 Å². The van der Waals surface area contributed by atoms with Crippen LogP contribution in [0.3, 0.4) is 0 Å². The van der Waals surface area contributed by atoms with Gasteiger partial charge in [-0.1, -0.05) is 18.2 Å². The lowest BCUT2D eigenvalue weighted by Crippen LogP contribution is -2.50. The second kappa shape index (κ2) is 7.57. The van der Waals surface area contributed by atoms with E-state index in [9.17, 15) is 9.59 Å². The summed E-state index contributed by atoms with van der Waals surface area (Å²) in [7, 11) is 1.58. The minimum Gasteiger partial charge on any atom is -0.477 e. The molecule has 1 aromatic carbocycles. The fourth-order valence-corrected chi connectivity index (χ4v) is 3.56. The first kappa shape index (κ1) is 17.3. The molecule has 0 unspecified atom stereocenters. The van der Waals surface area contributed by atoms with Crippen molar-refractivity contribution in [2.45, 2.75) is 19.1 Å². The second-order valence-electron chi connectivity index (χ2n) is 5.87. The summed E-state index contributed by atoms with van der Waals surface area (Å²) in [6.07, 6.45) is -0.637. The molecule has 0 spiro atoms. The quantitative estimate of drug-likeness (QED) is 0.856. The fourth-order valence-electron chi connectivity index (χ4n) is 2.82. The minimum atomic E-state index is -0.637. The molecule has 6 nitrogen and oxygen atoms in total. The van der Waals surface area contributed by atoms with Crippen molar-refractivity contribution in [1.29, 1.82) is 0 Å². The Labute approximate surface area is 150 Å². The first-order valence-corrected chi connectivity index (χ1v) is 9.01. The Kier molecular flexibility index (Phi) is 5.23. The number of para-hydroxylation sites is 2. The molecule has 1 aromatic heterocycles. The molecule has 2 amide bonds. The van der Waals surface area contributed by atoms with Crippen LogP contribution < -0.4 is 20.3 Å². The zero-order chi connectivity index (χ0) is 17.8. The van der Waals surface area contributed by atoms with Gasteiger partial charge in [0, 0.05) is 11.9 Å². The van der Waals surface area contributed by atoms with Crippen LogP contribution in [0, 0.1) is 0 Å². The van der Waals surface area contributed by atoms with Crippen LogP contribution in [0.15, 0.2) is 41.8 Å². The van der Waals surface area contributed by atoms with Crippen LogP contribution in [0.4, 0.5) is 5.69 Å². The van der Waals surface area contributed by atoms with Crippen molar-refractivity contribution in [3.63, 3.8) is 0 Å². The highest BCUT2D eigenvalue weighted by Gasteiger charge is 2.31. The van der Waals surface area contributed by atoms with Gasteiger partial charge in [0.25, 0.3) is 5.91 Å². The maximum atomic E-state index is 12.5. The monoisotopic (exact) mass is 359 g/mol. The second-order valence-corrected chi connectivity index (χ2v) is 6.85. The summed E-state index contributed by atoms with van der Waals surface area (Å²) >= 11 is 1.61. The summed E-state index contributed by atoms with van der Waals surface area (Å²) < 4.78 is 5.75. The van der Waals surface area contributed by atoms with Gasteiger partial charge in [0.05, 0.1) is 24.8 Å². The van der Waals surface area contributed by atoms with Gasteiger partial charge in [-0.2, -0.15) is 0 Å². The van der Waals surface area contributed by atoms with Crippen molar-refractivity contribution >= 4 is 28.8 Å². The Bertz CT molecular complexity index is 748. The third kappa shape index (κ3) is 3.93. The van der Waals surface area contributed by atoms with Crippen molar-refractivity contribution in [2.24, 2.45) is 0 Å². The number of amides is 2. The first-order valence-electron chi connectivity index (χ1n) is 8.13. The van der Waals surface area contributed by atoms with Gasteiger partial charge in [0.2, 0.25) is 5.91 Å². The van der Waals surface area contributed by atoms with Gasteiger partial charge in [0.15, 0.2) is 6.10 Å². The number of rotatable bonds is 5. The number of carbonyl (C=O) groups excluding carboxylic acids is 2. The van der Waals surface area contributed by atoms with Crippen molar-refractivity contribution in [2.75, 3.05) is 25.0 Å². The number of nitrogens with one attached hydrogen (secondary N) is 2. The molecule has 0 saturated heterocycles. The molecule has 1 aliphatic heterocycles. The molecule has 7 heteroatoms. The highest BCUT2D eigenvalue weighted by molar-refractivity contribution is 7.10. The number of hydrogen-bond acceptors (Lipinski definition) is 5. The van der Waals surface area contributed by atoms with Crippen LogP contribution >= 0.6 is 11.3 Å². The van der Waals surface area contributed by atoms with E-state index in [1.807, 2.05) is 53.6 Å². The van der Waals surface area contributed by atoms with E-state index in [1.54, 1.807) is 18.4 Å². The largest absolute Gasteiger partial charge is 0.477 e. The first-order chi connectivity index (χ1) is 12.1. The molecule has 2 N–H and O–H groups in total. The summed E-state index contributed by atoms with van der Waals surface area (Å²) in [5, 5.41) is 7.60. The normalized spacial score (nSPS) is 17.2. The van der Waals surface area contributed by atoms with Gasteiger partial charge < -0.3 is 20.3 Å². The molecule has 0 aliphatic carbocycles. The summed E-state index contributed by atoms with van der Waals surface area (Å²) in [6.45, 7) is 2.46. The van der Waals surface area contributed by atoms with Crippen LogP contribution in [0.5, 0.6) is 5.75 Å². The van der Waals surface area contributed by atoms with Crippen LogP contribution in [0.25, 0.3) is 0 Å². The highest BCUT2D eigenvalue weighted by Crippen LogP contribution is 2.33. The number of anilines is 1. The van der Waals surface area contributed by atoms with Crippen LogP contribution in [0.2, 0.25) is 0 Å². The lowest BCUT2D eigenvalue weighted by molar-refractivity contribution is -0.127. The smallest absolute Gasteiger partial charge is 0.262 e. The lowest BCUT2D eigenvalue weighted by atomic mass is 10.1. The molecule has 0 radical (unpaired) electrons. The van der Waals surface area contributed by atoms with E-state index in [4.69, 9.17) is 4.74 Å². The van der Waals surface area contributed by atoms with Crippen molar-refractivity contribution in [3.05, 3.63) is 46.7 Å². The number of hydrogen-bond donors (Lipinski definition) is 2. The molecule has 0 bridgehead atoms. The van der Waals surface area contributed by atoms with Gasteiger partial charge >= 0.3 is 0 Å². The Hall–Kier alpha value is -2.54. The maximum absolute atomic E-state index is 12.5. The molecule has 2 heterocycles. The van der Waals surface area contributed by atoms with Gasteiger partial charge in [-0.05, 0) is 30.5 Å². The molecule has 0 saturated carbocycles. The van der Waals surface area contributed by atoms with Gasteiger partial charge in [-0.15, -0.1) is 11.3 Å².